The van der Waals surface area contributed by atoms with Gasteiger partial charge in [0.05, 0.1) is 16.3 Å². The summed E-state index contributed by atoms with van der Waals surface area (Å²) in [6.45, 7) is 3.28. The van der Waals surface area contributed by atoms with Crippen LogP contribution in [-0.4, -0.2) is 27.6 Å². The molecular weight excluding hydrogens is 312 g/mol. The molecule has 1 atom stereocenters. The maximum absolute atomic E-state index is 12.0. The summed E-state index contributed by atoms with van der Waals surface area (Å²) < 4.78 is 5.43. The van der Waals surface area contributed by atoms with E-state index < -0.39 is 16.9 Å². The number of amides is 1. The Morgan fingerprint density at radius 2 is 2.00 bits per heavy atom. The number of ether oxygens (including phenoxy) is 1. The maximum atomic E-state index is 12.0. The number of aromatic nitrogens is 1. The Balaban J connectivity index is 1.93. The molecule has 124 valence electrons. The predicted molar refractivity (Wildman–Crippen MR) is 87.8 cm³/mol. The van der Waals surface area contributed by atoms with Crippen LogP contribution in [0.3, 0.4) is 0 Å². The van der Waals surface area contributed by atoms with Crippen LogP contribution in [-0.2, 0) is 4.79 Å². The van der Waals surface area contributed by atoms with Crippen molar-refractivity contribution in [1.29, 1.82) is 0 Å². The van der Waals surface area contributed by atoms with Crippen LogP contribution in [0.15, 0.2) is 53.8 Å². The van der Waals surface area contributed by atoms with Gasteiger partial charge in [0.15, 0.2) is 6.10 Å². The molecule has 0 aliphatic heterocycles. The molecule has 2 aromatic rings. The molecule has 0 spiro atoms. The number of benzene rings is 1. The third kappa shape index (κ3) is 4.60. The fourth-order valence-corrected chi connectivity index (χ4v) is 1.77. The molecule has 2 rings (SSSR count). The second kappa shape index (κ2) is 7.82. The molecule has 0 fully saturated rings. The summed E-state index contributed by atoms with van der Waals surface area (Å²) in [5.41, 5.74) is 3.58. The molecule has 1 N–H and O–H groups in total. The third-order valence-electron chi connectivity index (χ3n) is 3.10. The van der Waals surface area contributed by atoms with Crippen molar-refractivity contribution >= 4 is 17.3 Å². The number of carbonyl (C=O) groups is 1. The number of non-ortho nitro benzene ring substituents is 1. The molecular formula is C16H16N4O4. The summed E-state index contributed by atoms with van der Waals surface area (Å²) in [6.07, 6.45) is 0.822. The van der Waals surface area contributed by atoms with E-state index in [1.54, 1.807) is 32.2 Å². The Morgan fingerprint density at radius 1 is 1.29 bits per heavy atom. The van der Waals surface area contributed by atoms with Crippen LogP contribution < -0.4 is 10.2 Å². The molecule has 1 aromatic carbocycles. The van der Waals surface area contributed by atoms with E-state index in [9.17, 15) is 14.9 Å². The molecule has 0 unspecified atom stereocenters. The Kier molecular flexibility index (Phi) is 5.56. The molecule has 1 aromatic heterocycles. The van der Waals surface area contributed by atoms with Crippen LogP contribution in [0.5, 0.6) is 5.75 Å². The Bertz CT molecular complexity index is 744. The molecule has 24 heavy (non-hydrogen) atoms. The number of rotatable bonds is 6. The van der Waals surface area contributed by atoms with Crippen LogP contribution in [0.25, 0.3) is 0 Å². The Morgan fingerprint density at radius 3 is 2.58 bits per heavy atom. The second-order valence-corrected chi connectivity index (χ2v) is 4.90. The average molecular weight is 328 g/mol. The summed E-state index contributed by atoms with van der Waals surface area (Å²) in [5, 5.41) is 14.6. The lowest BCUT2D eigenvalue weighted by Gasteiger charge is -2.13. The molecule has 8 heteroatoms. The minimum atomic E-state index is -0.813. The summed E-state index contributed by atoms with van der Waals surface area (Å²) in [6, 6.07) is 10.9. The summed E-state index contributed by atoms with van der Waals surface area (Å²) in [4.78, 5) is 26.2. The van der Waals surface area contributed by atoms with E-state index in [1.165, 1.54) is 24.3 Å². The first-order valence-electron chi connectivity index (χ1n) is 7.14. The first kappa shape index (κ1) is 17.1. The predicted octanol–water partition coefficient (Wildman–Crippen LogP) is 2.30. The molecule has 0 radical (unpaired) electrons. The topological polar surface area (TPSA) is 107 Å². The molecule has 1 amide bonds. The fraction of sp³-hybridized carbons (Fsp3) is 0.188. The van der Waals surface area contributed by atoms with Gasteiger partial charge in [0.2, 0.25) is 0 Å². The number of pyridine rings is 1. The van der Waals surface area contributed by atoms with Crippen LogP contribution >= 0.6 is 0 Å². The average Bonchev–Trinajstić information content (AvgIpc) is 2.60. The van der Waals surface area contributed by atoms with Gasteiger partial charge < -0.3 is 4.74 Å². The van der Waals surface area contributed by atoms with Crippen LogP contribution in [0.4, 0.5) is 5.69 Å². The zero-order valence-electron chi connectivity index (χ0n) is 13.2. The van der Waals surface area contributed by atoms with Gasteiger partial charge in [0.25, 0.3) is 11.6 Å². The molecule has 1 heterocycles. The zero-order chi connectivity index (χ0) is 17.5. The first-order valence-corrected chi connectivity index (χ1v) is 7.14. The highest BCUT2D eigenvalue weighted by molar-refractivity contribution is 5.97. The minimum Gasteiger partial charge on any atom is -0.481 e. The first-order chi connectivity index (χ1) is 11.5. The standard InChI is InChI=1S/C16H16N4O4/c1-11(15-5-3-4-10-17-15)18-19-16(21)12(2)24-14-8-6-13(7-9-14)20(22)23/h3-10,12H,1-2H3,(H,19,21)/b18-11-/t12-/m0/s1. The Hall–Kier alpha value is -3.29. The second-order valence-electron chi connectivity index (χ2n) is 4.90. The van der Waals surface area contributed by atoms with Crippen molar-refractivity contribution in [2.75, 3.05) is 0 Å². The van der Waals surface area contributed by atoms with E-state index in [-0.39, 0.29) is 5.69 Å². The smallest absolute Gasteiger partial charge is 0.280 e. The van der Waals surface area contributed by atoms with Crippen LogP contribution in [0.1, 0.15) is 19.5 Å². The van der Waals surface area contributed by atoms with Crippen molar-refractivity contribution in [1.82, 2.24) is 10.4 Å². The van der Waals surface area contributed by atoms with E-state index in [2.05, 4.69) is 15.5 Å². The zero-order valence-corrected chi connectivity index (χ0v) is 13.2. The molecule has 0 saturated heterocycles. The fourth-order valence-electron chi connectivity index (χ4n) is 1.77. The molecule has 0 saturated carbocycles. The number of hydrazone groups is 1. The summed E-state index contributed by atoms with van der Waals surface area (Å²) in [7, 11) is 0. The number of nitrogens with one attached hydrogen (secondary N) is 1. The van der Waals surface area contributed by atoms with Gasteiger partial charge in [-0.1, -0.05) is 6.07 Å². The highest BCUT2D eigenvalue weighted by Gasteiger charge is 2.15. The molecule has 0 aliphatic carbocycles. The van der Waals surface area contributed by atoms with Gasteiger partial charge in [0, 0.05) is 18.3 Å². The molecule has 8 nitrogen and oxygen atoms in total. The summed E-state index contributed by atoms with van der Waals surface area (Å²) in [5.74, 6) is -0.0858. The lowest BCUT2D eigenvalue weighted by molar-refractivity contribution is -0.384. The van der Waals surface area contributed by atoms with Crippen molar-refractivity contribution in [3.8, 4) is 5.75 Å². The van der Waals surface area contributed by atoms with Crippen molar-refractivity contribution < 1.29 is 14.5 Å². The largest absolute Gasteiger partial charge is 0.481 e. The van der Waals surface area contributed by atoms with Crippen molar-refractivity contribution in [3.05, 3.63) is 64.5 Å². The van der Waals surface area contributed by atoms with E-state index in [1.807, 2.05) is 6.07 Å². The maximum Gasteiger partial charge on any atom is 0.280 e. The molecule has 0 aliphatic rings. The lowest BCUT2D eigenvalue weighted by Crippen LogP contribution is -2.34. The number of hydrogen-bond donors (Lipinski definition) is 1. The van der Waals surface area contributed by atoms with Gasteiger partial charge in [-0.2, -0.15) is 5.10 Å². The van der Waals surface area contributed by atoms with E-state index in [4.69, 9.17) is 4.74 Å². The molecule has 0 bridgehead atoms. The minimum absolute atomic E-state index is 0.0463. The number of carbonyl (C=O) groups excluding carboxylic acids is 1. The van der Waals surface area contributed by atoms with E-state index >= 15 is 0 Å². The van der Waals surface area contributed by atoms with Gasteiger partial charge >= 0.3 is 0 Å². The normalized spacial score (nSPS) is 12.3. The number of nitrogens with zero attached hydrogens (tertiary/aromatic N) is 3. The Labute approximate surface area is 138 Å². The van der Waals surface area contributed by atoms with Crippen molar-refractivity contribution in [2.24, 2.45) is 5.10 Å². The van der Waals surface area contributed by atoms with E-state index in [0.29, 0.717) is 17.2 Å². The van der Waals surface area contributed by atoms with Gasteiger partial charge in [-0.15, -0.1) is 0 Å². The van der Waals surface area contributed by atoms with Gasteiger partial charge in [-0.25, -0.2) is 5.43 Å². The van der Waals surface area contributed by atoms with E-state index in [0.717, 1.165) is 0 Å². The number of nitro benzene ring substituents is 1. The monoisotopic (exact) mass is 328 g/mol. The quantitative estimate of drug-likeness (QED) is 0.497. The van der Waals surface area contributed by atoms with Crippen molar-refractivity contribution in [3.63, 3.8) is 0 Å². The van der Waals surface area contributed by atoms with Crippen LogP contribution in [0.2, 0.25) is 0 Å². The summed E-state index contributed by atoms with van der Waals surface area (Å²) >= 11 is 0. The van der Waals surface area contributed by atoms with Crippen molar-refractivity contribution in [2.45, 2.75) is 20.0 Å². The number of nitro groups is 1. The number of hydrogen-bond acceptors (Lipinski definition) is 6. The highest BCUT2D eigenvalue weighted by Crippen LogP contribution is 2.18. The van der Waals surface area contributed by atoms with Gasteiger partial charge in [-0.3, -0.25) is 19.9 Å². The SMILES string of the molecule is C/C(=N/NC(=O)[C@H](C)Oc1ccc([N+](=O)[O-])cc1)c1ccccn1. The highest BCUT2D eigenvalue weighted by atomic mass is 16.6. The van der Waals surface area contributed by atoms with Gasteiger partial charge in [-0.05, 0) is 38.1 Å². The van der Waals surface area contributed by atoms with Gasteiger partial charge in [0.1, 0.15) is 5.75 Å². The third-order valence-corrected chi connectivity index (χ3v) is 3.10. The van der Waals surface area contributed by atoms with Crippen LogP contribution in [0, 0.1) is 10.1 Å². The lowest BCUT2D eigenvalue weighted by atomic mass is 10.3.